The number of aliphatic imine (C=N–C) groups is 1. The van der Waals surface area contributed by atoms with Crippen molar-refractivity contribution in [3.05, 3.63) is 102 Å². The second-order valence-electron chi connectivity index (χ2n) is 10.3. The number of aromatic nitrogens is 4. The SMILES string of the molecule is Cc1[nH]n(-c2c(Cl)cc(Cl)cc2Cl)c(=O)c1C=Nc1cc2c(cc1N1CCN(c3ccccc3)CC1)n(C)c(=O)n2C. The summed E-state index contributed by atoms with van der Waals surface area (Å²) in [5.74, 6) is 0. The molecule has 6 rings (SSSR count). The first-order valence-electron chi connectivity index (χ1n) is 13.4. The first-order chi connectivity index (χ1) is 20.1. The van der Waals surface area contributed by atoms with Crippen molar-refractivity contribution in [2.24, 2.45) is 19.1 Å². The van der Waals surface area contributed by atoms with E-state index in [1.165, 1.54) is 22.5 Å². The minimum atomic E-state index is -0.353. The molecule has 9 nitrogen and oxygen atoms in total. The van der Waals surface area contributed by atoms with Crippen molar-refractivity contribution in [3.63, 3.8) is 0 Å². The van der Waals surface area contributed by atoms with E-state index in [0.29, 0.717) is 27.7 Å². The first kappa shape index (κ1) is 28.2. The fourth-order valence-electron chi connectivity index (χ4n) is 5.48. The molecule has 5 aromatic rings. The van der Waals surface area contributed by atoms with Gasteiger partial charge >= 0.3 is 5.69 Å². The van der Waals surface area contributed by atoms with Crippen LogP contribution in [-0.2, 0) is 14.1 Å². The summed E-state index contributed by atoms with van der Waals surface area (Å²) in [7, 11) is 3.51. The molecule has 42 heavy (non-hydrogen) atoms. The lowest BCUT2D eigenvalue weighted by Crippen LogP contribution is -2.46. The largest absolute Gasteiger partial charge is 0.368 e. The Morgan fingerprint density at radius 2 is 1.43 bits per heavy atom. The molecule has 0 radical (unpaired) electrons. The van der Waals surface area contributed by atoms with Crippen molar-refractivity contribution in [2.75, 3.05) is 36.0 Å². The number of aromatic amines is 1. The van der Waals surface area contributed by atoms with Crippen LogP contribution in [0.2, 0.25) is 15.1 Å². The van der Waals surface area contributed by atoms with Crippen LogP contribution in [0.15, 0.2) is 69.2 Å². The maximum Gasteiger partial charge on any atom is 0.328 e. The van der Waals surface area contributed by atoms with Gasteiger partial charge in [-0.1, -0.05) is 53.0 Å². The molecule has 0 amide bonds. The highest BCUT2D eigenvalue weighted by Crippen LogP contribution is 2.35. The van der Waals surface area contributed by atoms with Crippen LogP contribution in [0.5, 0.6) is 0 Å². The molecule has 12 heteroatoms. The van der Waals surface area contributed by atoms with Gasteiger partial charge < -0.3 is 9.80 Å². The normalized spacial score (nSPS) is 14.0. The monoisotopic (exact) mass is 623 g/mol. The van der Waals surface area contributed by atoms with Gasteiger partial charge in [0.2, 0.25) is 0 Å². The third kappa shape index (κ3) is 4.91. The number of nitrogens with one attached hydrogen (secondary N) is 1. The van der Waals surface area contributed by atoms with Crippen LogP contribution >= 0.6 is 34.8 Å². The van der Waals surface area contributed by atoms with E-state index >= 15 is 0 Å². The molecule has 0 bridgehead atoms. The highest BCUT2D eigenvalue weighted by Gasteiger charge is 2.22. The number of piperazine rings is 1. The zero-order chi connectivity index (χ0) is 29.7. The Morgan fingerprint density at radius 3 is 2.07 bits per heavy atom. The number of hydrogen-bond acceptors (Lipinski definition) is 5. The van der Waals surface area contributed by atoms with Gasteiger partial charge in [0.15, 0.2) is 0 Å². The first-order valence-corrected chi connectivity index (χ1v) is 14.5. The van der Waals surface area contributed by atoms with Gasteiger partial charge in [0.25, 0.3) is 5.56 Å². The Labute approximate surface area is 256 Å². The number of fused-ring (bicyclic) bond motifs is 1. The number of H-pyrrole nitrogens is 1. The van der Waals surface area contributed by atoms with Crippen LogP contribution in [0.1, 0.15) is 11.3 Å². The summed E-state index contributed by atoms with van der Waals surface area (Å²) in [6.45, 7) is 5.00. The predicted molar refractivity (Wildman–Crippen MR) is 172 cm³/mol. The lowest BCUT2D eigenvalue weighted by Gasteiger charge is -2.37. The van der Waals surface area contributed by atoms with Crippen molar-refractivity contribution >= 4 is 69.1 Å². The number of aryl methyl sites for hydroxylation is 3. The van der Waals surface area contributed by atoms with E-state index < -0.39 is 0 Å². The smallest absolute Gasteiger partial charge is 0.328 e. The van der Waals surface area contributed by atoms with Crippen LogP contribution in [-0.4, -0.2) is 51.3 Å². The van der Waals surface area contributed by atoms with E-state index in [0.717, 1.165) is 42.9 Å². The van der Waals surface area contributed by atoms with Crippen LogP contribution in [0, 0.1) is 6.92 Å². The van der Waals surface area contributed by atoms with Gasteiger partial charge in [-0.15, -0.1) is 0 Å². The van der Waals surface area contributed by atoms with Crippen LogP contribution in [0.3, 0.4) is 0 Å². The van der Waals surface area contributed by atoms with Crippen molar-refractivity contribution in [3.8, 4) is 5.69 Å². The van der Waals surface area contributed by atoms with Gasteiger partial charge in [-0.3, -0.25) is 24.0 Å². The molecule has 1 aliphatic rings. The van der Waals surface area contributed by atoms with Gasteiger partial charge in [-0.05, 0) is 43.3 Å². The predicted octanol–water partition coefficient (Wildman–Crippen LogP) is 5.70. The molecule has 0 saturated carbocycles. The molecule has 0 unspecified atom stereocenters. The molecule has 1 fully saturated rings. The fraction of sp³-hybridized carbons (Fsp3) is 0.233. The number of anilines is 2. The van der Waals surface area contributed by atoms with Crippen molar-refractivity contribution < 1.29 is 0 Å². The number of nitrogens with zero attached hydrogens (tertiary/aromatic N) is 6. The molecule has 1 saturated heterocycles. The Morgan fingerprint density at radius 1 is 0.833 bits per heavy atom. The molecular formula is C30H28Cl3N7O2. The van der Waals surface area contributed by atoms with Crippen molar-refractivity contribution in [1.29, 1.82) is 0 Å². The number of hydrogen-bond donors (Lipinski definition) is 1. The minimum Gasteiger partial charge on any atom is -0.368 e. The summed E-state index contributed by atoms with van der Waals surface area (Å²) in [6.07, 6.45) is 1.55. The van der Waals surface area contributed by atoms with E-state index in [2.05, 4.69) is 27.0 Å². The highest BCUT2D eigenvalue weighted by atomic mass is 35.5. The standard InChI is InChI=1S/C30H28Cl3N7O2/c1-18-21(29(41)40(35-18)28-22(32)13-19(31)14-23(28)33)17-34-24-15-26-27(37(3)30(42)36(26)2)16-25(24)39-11-9-38(10-12-39)20-7-5-4-6-8-20/h4-8,13-17,35H,9-12H2,1-3H3. The Bertz CT molecular complexity index is 1940. The number of rotatable bonds is 5. The van der Waals surface area contributed by atoms with E-state index in [4.69, 9.17) is 39.8 Å². The summed E-state index contributed by atoms with van der Waals surface area (Å²) in [6, 6.07) is 17.3. The fourth-order valence-corrected chi connectivity index (χ4v) is 6.46. The highest BCUT2D eigenvalue weighted by molar-refractivity contribution is 6.40. The molecule has 3 heterocycles. The number of benzene rings is 3. The summed E-state index contributed by atoms with van der Waals surface area (Å²) >= 11 is 18.9. The zero-order valence-corrected chi connectivity index (χ0v) is 25.5. The molecule has 1 N–H and O–H groups in total. The van der Waals surface area contributed by atoms with Crippen LogP contribution in [0.4, 0.5) is 17.1 Å². The Balaban J connectivity index is 1.40. The second-order valence-corrected chi connectivity index (χ2v) is 11.6. The van der Waals surface area contributed by atoms with E-state index in [1.807, 2.05) is 30.3 Å². The Hall–Kier alpha value is -3.92. The molecule has 0 spiro atoms. The molecule has 2 aromatic heterocycles. The molecular weight excluding hydrogens is 597 g/mol. The zero-order valence-electron chi connectivity index (χ0n) is 23.2. The third-order valence-electron chi connectivity index (χ3n) is 7.77. The van der Waals surface area contributed by atoms with Gasteiger partial charge in [-0.2, -0.15) is 0 Å². The maximum absolute atomic E-state index is 13.5. The summed E-state index contributed by atoms with van der Waals surface area (Å²) in [4.78, 5) is 35.7. The second kappa shape index (κ2) is 11.1. The third-order valence-corrected chi connectivity index (χ3v) is 8.56. The lowest BCUT2D eigenvalue weighted by molar-refractivity contribution is 0.654. The molecule has 3 aromatic carbocycles. The number of halogens is 3. The van der Waals surface area contributed by atoms with Crippen LogP contribution in [0.25, 0.3) is 16.7 Å². The maximum atomic E-state index is 13.5. The Kier molecular flexibility index (Phi) is 7.43. The lowest BCUT2D eigenvalue weighted by atomic mass is 10.1. The summed E-state index contributed by atoms with van der Waals surface area (Å²) < 4.78 is 4.54. The molecule has 1 aliphatic heterocycles. The molecule has 0 atom stereocenters. The summed E-state index contributed by atoms with van der Waals surface area (Å²) in [5.41, 5.74) is 5.11. The van der Waals surface area contributed by atoms with Gasteiger partial charge in [-0.25, -0.2) is 9.48 Å². The number of para-hydroxylation sites is 1. The minimum absolute atomic E-state index is 0.118. The van der Waals surface area contributed by atoms with E-state index in [1.54, 1.807) is 36.4 Å². The topological polar surface area (TPSA) is 83.6 Å². The molecule has 0 aliphatic carbocycles. The van der Waals surface area contributed by atoms with E-state index in [-0.39, 0.29) is 21.3 Å². The van der Waals surface area contributed by atoms with Crippen molar-refractivity contribution in [1.82, 2.24) is 18.9 Å². The van der Waals surface area contributed by atoms with E-state index in [9.17, 15) is 9.59 Å². The van der Waals surface area contributed by atoms with Gasteiger partial charge in [0.05, 0.1) is 38.0 Å². The average Bonchev–Trinajstić information content (AvgIpc) is 3.37. The average molecular weight is 625 g/mol. The number of imidazole rings is 1. The van der Waals surface area contributed by atoms with Gasteiger partial charge in [0.1, 0.15) is 5.69 Å². The summed E-state index contributed by atoms with van der Waals surface area (Å²) in [5, 5.41) is 3.91. The van der Waals surface area contributed by atoms with Gasteiger partial charge in [0, 0.05) is 62.9 Å². The van der Waals surface area contributed by atoms with Crippen molar-refractivity contribution in [2.45, 2.75) is 6.92 Å². The molecule has 216 valence electrons. The quantitative estimate of drug-likeness (QED) is 0.254. The van der Waals surface area contributed by atoms with Crippen LogP contribution < -0.4 is 21.0 Å².